The van der Waals surface area contributed by atoms with Gasteiger partial charge in [-0.3, -0.25) is 4.90 Å². The Balaban J connectivity index is 1.97. The van der Waals surface area contributed by atoms with Gasteiger partial charge in [-0.25, -0.2) is 4.79 Å². The summed E-state index contributed by atoms with van der Waals surface area (Å²) in [5, 5.41) is 13.1. The average Bonchev–Trinajstić information content (AvgIpc) is 2.82. The predicted octanol–water partition coefficient (Wildman–Crippen LogP) is 6.34. The average molecular weight is 424 g/mol. The van der Waals surface area contributed by atoms with Crippen LogP contribution < -0.4 is 15.0 Å². The minimum Gasteiger partial charge on any atom is -0.492 e. The van der Waals surface area contributed by atoms with Crippen LogP contribution in [0.15, 0.2) is 42.5 Å². The molecule has 1 aliphatic rings. The normalized spacial score (nSPS) is 13.8. The van der Waals surface area contributed by atoms with Crippen molar-refractivity contribution in [3.8, 4) is 5.75 Å². The predicted molar refractivity (Wildman–Crippen MR) is 122 cm³/mol. The molecule has 0 aliphatic heterocycles. The Labute approximate surface area is 184 Å². The van der Waals surface area contributed by atoms with Crippen molar-refractivity contribution in [3.63, 3.8) is 0 Å². The van der Waals surface area contributed by atoms with Crippen molar-refractivity contribution in [1.82, 2.24) is 0 Å². The molecule has 1 fully saturated rings. The van der Waals surface area contributed by atoms with Crippen LogP contribution in [-0.4, -0.2) is 26.4 Å². The third-order valence-electron chi connectivity index (χ3n) is 5.67. The highest BCUT2D eigenvalue weighted by molar-refractivity contribution is 5.97. The number of diazo groups is 1. The number of carbonyl (C=O) groups excluding carboxylic acids is 1. The Morgan fingerprint density at radius 3 is 2.55 bits per heavy atom. The molecule has 7 heteroatoms. The number of hydrogen-bond acceptors (Lipinski definition) is 5. The molecule has 0 unspecified atom stereocenters. The van der Waals surface area contributed by atoms with Crippen LogP contribution in [0, 0.1) is 11.3 Å². The van der Waals surface area contributed by atoms with Crippen LogP contribution in [0.1, 0.15) is 44.6 Å². The van der Waals surface area contributed by atoms with Crippen LogP contribution in [0.5, 0.6) is 5.75 Å². The van der Waals surface area contributed by atoms with Gasteiger partial charge in [-0.15, -0.1) is 0 Å². The SMILES string of the molecule is CCOC(=O)N(Cc1ccccc1)c1c([N+]#N)ccc(NCC2CCCCC2)c1OC. The molecule has 0 saturated heterocycles. The van der Waals surface area contributed by atoms with Crippen molar-refractivity contribution in [2.45, 2.75) is 45.6 Å². The van der Waals surface area contributed by atoms with Crippen molar-refractivity contribution >= 4 is 23.2 Å². The van der Waals surface area contributed by atoms with E-state index in [4.69, 9.17) is 9.47 Å². The van der Waals surface area contributed by atoms with Gasteiger partial charge in [0, 0.05) is 12.6 Å². The Morgan fingerprint density at radius 2 is 1.90 bits per heavy atom. The van der Waals surface area contributed by atoms with Gasteiger partial charge in [0.15, 0.2) is 16.4 Å². The van der Waals surface area contributed by atoms with Crippen LogP contribution in [-0.2, 0) is 11.3 Å². The summed E-state index contributed by atoms with van der Waals surface area (Å²) < 4.78 is 11.0. The zero-order valence-corrected chi connectivity index (χ0v) is 18.3. The molecule has 2 aromatic carbocycles. The van der Waals surface area contributed by atoms with E-state index in [0.29, 0.717) is 17.4 Å². The second-order valence-electron chi connectivity index (χ2n) is 7.77. The standard InChI is InChI=1S/C24H31N4O3/c1-3-31-24(29)28(17-19-12-8-5-9-13-19)22-20(27-25)14-15-21(23(22)30-2)26-16-18-10-6-4-7-11-18/h5,8-9,12-15,18,26H,3-4,6-7,10-11,16-17H2,1-2H3/q+1. The summed E-state index contributed by atoms with van der Waals surface area (Å²) >= 11 is 0. The Morgan fingerprint density at radius 1 is 1.16 bits per heavy atom. The zero-order valence-electron chi connectivity index (χ0n) is 18.3. The second kappa shape index (κ2) is 11.2. The molecule has 3 rings (SSSR count). The van der Waals surface area contributed by atoms with Gasteiger partial charge in [0.05, 0.1) is 25.9 Å². The van der Waals surface area contributed by atoms with Crippen molar-refractivity contribution in [1.29, 1.82) is 5.39 Å². The van der Waals surface area contributed by atoms with E-state index in [0.717, 1.165) is 17.8 Å². The fraction of sp³-hybridized carbons (Fsp3) is 0.458. The summed E-state index contributed by atoms with van der Waals surface area (Å²) in [5.41, 5.74) is 2.30. The minimum atomic E-state index is -0.529. The number of nitrogens with one attached hydrogen (secondary N) is 1. The van der Waals surface area contributed by atoms with Crippen LogP contribution in [0.2, 0.25) is 0 Å². The number of carbonyl (C=O) groups is 1. The molecule has 0 atom stereocenters. The molecule has 2 aromatic rings. The maximum Gasteiger partial charge on any atom is 0.414 e. The monoisotopic (exact) mass is 423 g/mol. The summed E-state index contributed by atoms with van der Waals surface area (Å²) in [7, 11) is 1.55. The van der Waals surface area contributed by atoms with Gasteiger partial charge in [-0.05, 0) is 37.3 Å². The van der Waals surface area contributed by atoms with Crippen LogP contribution >= 0.6 is 0 Å². The fourth-order valence-corrected chi connectivity index (χ4v) is 4.10. The molecule has 7 nitrogen and oxygen atoms in total. The largest absolute Gasteiger partial charge is 0.492 e. The molecule has 1 aliphatic carbocycles. The first-order valence-corrected chi connectivity index (χ1v) is 11.0. The number of rotatable bonds is 8. The van der Waals surface area contributed by atoms with Gasteiger partial charge in [-0.1, -0.05) is 49.6 Å². The summed E-state index contributed by atoms with van der Waals surface area (Å²) in [6.45, 7) is 3.08. The maximum absolute atomic E-state index is 12.9. The number of amides is 1. The zero-order chi connectivity index (χ0) is 22.1. The Hall–Kier alpha value is -3.27. The molecule has 164 valence electrons. The summed E-state index contributed by atoms with van der Waals surface area (Å²) in [6, 6.07) is 13.1. The molecule has 0 spiro atoms. The van der Waals surface area contributed by atoms with Gasteiger partial charge in [-0.2, -0.15) is 0 Å². The van der Waals surface area contributed by atoms with Crippen LogP contribution in [0.25, 0.3) is 4.98 Å². The molecule has 1 N–H and O–H groups in total. The first kappa shape index (κ1) is 22.4. The molecule has 0 aromatic heterocycles. The summed E-state index contributed by atoms with van der Waals surface area (Å²) in [4.78, 5) is 17.8. The van der Waals surface area contributed by atoms with E-state index in [1.165, 1.54) is 37.0 Å². The highest BCUT2D eigenvalue weighted by Crippen LogP contribution is 2.44. The van der Waals surface area contributed by atoms with Gasteiger partial charge in [0.25, 0.3) is 0 Å². The second-order valence-corrected chi connectivity index (χ2v) is 7.77. The number of hydrogen-bond donors (Lipinski definition) is 1. The minimum absolute atomic E-state index is 0.234. The first-order valence-electron chi connectivity index (χ1n) is 11.0. The molecule has 31 heavy (non-hydrogen) atoms. The maximum atomic E-state index is 12.9. The molecule has 0 bridgehead atoms. The number of benzene rings is 2. The lowest BCUT2D eigenvalue weighted by molar-refractivity contribution is 0.159. The van der Waals surface area contributed by atoms with E-state index in [9.17, 15) is 10.2 Å². The highest BCUT2D eigenvalue weighted by atomic mass is 16.6. The van der Waals surface area contributed by atoms with Gasteiger partial charge >= 0.3 is 11.8 Å². The molecular weight excluding hydrogens is 392 g/mol. The van der Waals surface area contributed by atoms with Gasteiger partial charge in [0.1, 0.15) is 0 Å². The van der Waals surface area contributed by atoms with Crippen molar-refractivity contribution in [2.24, 2.45) is 5.92 Å². The van der Waals surface area contributed by atoms with Gasteiger partial charge in [0.2, 0.25) is 5.39 Å². The van der Waals surface area contributed by atoms with E-state index < -0.39 is 6.09 Å². The quantitative estimate of drug-likeness (QED) is 0.502. The van der Waals surface area contributed by atoms with E-state index in [1.807, 2.05) is 36.4 Å². The number of ether oxygens (including phenoxy) is 2. The van der Waals surface area contributed by atoms with E-state index in [2.05, 4.69) is 10.3 Å². The van der Waals surface area contributed by atoms with E-state index >= 15 is 0 Å². The van der Waals surface area contributed by atoms with Crippen LogP contribution in [0.4, 0.5) is 21.9 Å². The smallest absolute Gasteiger partial charge is 0.414 e. The number of anilines is 2. The van der Waals surface area contributed by atoms with Crippen molar-refractivity contribution in [2.75, 3.05) is 30.5 Å². The number of nitrogens with zero attached hydrogens (tertiary/aromatic N) is 3. The van der Waals surface area contributed by atoms with E-state index in [1.54, 1.807) is 20.1 Å². The third-order valence-corrected chi connectivity index (χ3v) is 5.67. The van der Waals surface area contributed by atoms with Gasteiger partial charge < -0.3 is 14.8 Å². The molecule has 0 heterocycles. The lowest BCUT2D eigenvalue weighted by atomic mass is 9.89. The topological polar surface area (TPSA) is 79.0 Å². The third kappa shape index (κ3) is 5.66. The van der Waals surface area contributed by atoms with Crippen molar-refractivity contribution < 1.29 is 14.3 Å². The lowest BCUT2D eigenvalue weighted by Gasteiger charge is -2.25. The van der Waals surface area contributed by atoms with Crippen LogP contribution in [0.3, 0.4) is 0 Å². The summed E-state index contributed by atoms with van der Waals surface area (Å²) in [5.74, 6) is 1.07. The Bertz CT molecular complexity index is 905. The first-order chi connectivity index (χ1) is 15.2. The lowest BCUT2D eigenvalue weighted by Crippen LogP contribution is -2.31. The molecule has 1 saturated carbocycles. The number of methoxy groups -OCH3 is 1. The fourth-order valence-electron chi connectivity index (χ4n) is 4.10. The molecular formula is C24H31N4O3+. The summed E-state index contributed by atoms with van der Waals surface area (Å²) in [6.07, 6.45) is 5.75. The van der Waals surface area contributed by atoms with E-state index in [-0.39, 0.29) is 18.8 Å². The van der Waals surface area contributed by atoms with Crippen molar-refractivity contribution in [3.05, 3.63) is 53.0 Å². The highest BCUT2D eigenvalue weighted by Gasteiger charge is 2.32. The molecule has 1 amide bonds. The molecule has 0 radical (unpaired) electrons. The Kier molecular flexibility index (Phi) is 8.11.